The van der Waals surface area contributed by atoms with Gasteiger partial charge in [0.15, 0.2) is 0 Å². The predicted octanol–water partition coefficient (Wildman–Crippen LogP) is 3.57. The van der Waals surface area contributed by atoms with E-state index in [9.17, 15) is 0 Å². The fourth-order valence-corrected chi connectivity index (χ4v) is 3.09. The Balaban J connectivity index is 1.46. The molecular formula is C19H22N4O. The maximum Gasteiger partial charge on any atom is 0.129 e. The highest BCUT2D eigenvalue weighted by atomic mass is 16.5. The van der Waals surface area contributed by atoms with Crippen LogP contribution in [0.4, 0.5) is 11.4 Å². The molecule has 1 unspecified atom stereocenters. The minimum atomic E-state index is 0.117. The number of rotatable bonds is 4. The molecule has 5 heteroatoms. The van der Waals surface area contributed by atoms with Crippen LogP contribution in [0.15, 0.2) is 48.5 Å². The molecule has 0 aliphatic carbocycles. The topological polar surface area (TPSA) is 53.2 Å². The first-order valence-corrected chi connectivity index (χ1v) is 8.43. The van der Waals surface area contributed by atoms with Gasteiger partial charge >= 0.3 is 0 Å². The smallest absolute Gasteiger partial charge is 0.129 e. The number of morpholine rings is 1. The molecule has 1 saturated heterocycles. The highest BCUT2D eigenvalue weighted by Crippen LogP contribution is 2.23. The lowest BCUT2D eigenvalue weighted by Gasteiger charge is -2.29. The summed E-state index contributed by atoms with van der Waals surface area (Å²) in [5, 5.41) is 3.51. The van der Waals surface area contributed by atoms with Crippen LogP contribution in [0.3, 0.4) is 0 Å². The Hall–Kier alpha value is -2.53. The molecular weight excluding hydrogens is 300 g/mol. The van der Waals surface area contributed by atoms with E-state index < -0.39 is 0 Å². The molecule has 0 radical (unpaired) electrons. The molecule has 1 aliphatic rings. The second-order valence-corrected chi connectivity index (χ2v) is 6.15. The van der Waals surface area contributed by atoms with E-state index in [0.29, 0.717) is 0 Å². The molecule has 0 amide bonds. The van der Waals surface area contributed by atoms with Gasteiger partial charge in [-0.1, -0.05) is 12.1 Å². The van der Waals surface area contributed by atoms with Gasteiger partial charge in [0.1, 0.15) is 5.82 Å². The van der Waals surface area contributed by atoms with Crippen LogP contribution in [0, 0.1) is 0 Å². The van der Waals surface area contributed by atoms with Crippen LogP contribution < -0.4 is 10.2 Å². The Morgan fingerprint density at radius 3 is 2.58 bits per heavy atom. The van der Waals surface area contributed by atoms with Crippen molar-refractivity contribution >= 4 is 22.4 Å². The monoisotopic (exact) mass is 322 g/mol. The lowest BCUT2D eigenvalue weighted by Crippen LogP contribution is -2.36. The van der Waals surface area contributed by atoms with Crippen molar-refractivity contribution in [3.8, 4) is 0 Å². The van der Waals surface area contributed by atoms with Crippen molar-refractivity contribution in [2.24, 2.45) is 0 Å². The molecule has 124 valence electrons. The summed E-state index contributed by atoms with van der Waals surface area (Å²) < 4.78 is 5.41. The maximum atomic E-state index is 5.41. The normalized spacial score (nSPS) is 16.3. The van der Waals surface area contributed by atoms with E-state index in [1.54, 1.807) is 0 Å². The van der Waals surface area contributed by atoms with Gasteiger partial charge in [-0.15, -0.1) is 0 Å². The number of anilines is 2. The Kier molecular flexibility index (Phi) is 4.09. The summed E-state index contributed by atoms with van der Waals surface area (Å²) in [7, 11) is 0. The van der Waals surface area contributed by atoms with Crippen LogP contribution in [0.1, 0.15) is 18.8 Å². The Bertz CT molecular complexity index is 773. The van der Waals surface area contributed by atoms with Crippen molar-refractivity contribution in [2.75, 3.05) is 36.5 Å². The van der Waals surface area contributed by atoms with E-state index in [2.05, 4.69) is 57.4 Å². The van der Waals surface area contributed by atoms with Gasteiger partial charge in [0.05, 0.1) is 30.3 Å². The Labute approximate surface area is 141 Å². The first-order chi connectivity index (χ1) is 11.8. The summed E-state index contributed by atoms with van der Waals surface area (Å²) in [6.45, 7) is 5.66. The third-order valence-electron chi connectivity index (χ3n) is 4.44. The summed E-state index contributed by atoms with van der Waals surface area (Å²) in [4.78, 5) is 10.4. The minimum Gasteiger partial charge on any atom is -0.378 e. The third kappa shape index (κ3) is 3.08. The van der Waals surface area contributed by atoms with Crippen molar-refractivity contribution in [1.29, 1.82) is 0 Å². The van der Waals surface area contributed by atoms with Gasteiger partial charge < -0.3 is 19.9 Å². The molecule has 1 atom stereocenters. The highest BCUT2D eigenvalue weighted by molar-refractivity contribution is 5.75. The first kappa shape index (κ1) is 15.0. The molecule has 2 aromatic carbocycles. The van der Waals surface area contributed by atoms with Gasteiger partial charge in [0.25, 0.3) is 0 Å². The molecule has 1 aromatic heterocycles. The molecule has 1 fully saturated rings. The number of H-pyrrole nitrogens is 1. The van der Waals surface area contributed by atoms with Gasteiger partial charge in [0, 0.05) is 24.5 Å². The van der Waals surface area contributed by atoms with Crippen molar-refractivity contribution in [2.45, 2.75) is 13.0 Å². The summed E-state index contributed by atoms with van der Waals surface area (Å²) >= 11 is 0. The maximum absolute atomic E-state index is 5.41. The molecule has 24 heavy (non-hydrogen) atoms. The summed E-state index contributed by atoms with van der Waals surface area (Å²) in [6.07, 6.45) is 0. The van der Waals surface area contributed by atoms with Crippen LogP contribution in [0.5, 0.6) is 0 Å². The summed E-state index contributed by atoms with van der Waals surface area (Å²) in [6, 6.07) is 16.8. The number of para-hydroxylation sites is 2. The van der Waals surface area contributed by atoms with Gasteiger partial charge in [-0.05, 0) is 43.3 Å². The zero-order valence-corrected chi connectivity index (χ0v) is 13.8. The molecule has 5 nitrogen and oxygen atoms in total. The lowest BCUT2D eigenvalue weighted by atomic mass is 10.2. The fourth-order valence-electron chi connectivity index (χ4n) is 3.09. The number of ether oxygens (including phenoxy) is 1. The van der Waals surface area contributed by atoms with E-state index in [1.165, 1.54) is 5.69 Å². The molecule has 3 aromatic rings. The average molecular weight is 322 g/mol. The quantitative estimate of drug-likeness (QED) is 0.771. The molecule has 0 spiro atoms. The molecule has 2 heterocycles. The molecule has 0 bridgehead atoms. The van der Waals surface area contributed by atoms with Crippen molar-refractivity contribution < 1.29 is 4.74 Å². The van der Waals surface area contributed by atoms with Crippen molar-refractivity contribution in [1.82, 2.24) is 9.97 Å². The highest BCUT2D eigenvalue weighted by Gasteiger charge is 2.13. The number of hydrogen-bond donors (Lipinski definition) is 2. The molecule has 1 aliphatic heterocycles. The Morgan fingerprint density at radius 2 is 1.83 bits per heavy atom. The van der Waals surface area contributed by atoms with Crippen LogP contribution >= 0.6 is 0 Å². The van der Waals surface area contributed by atoms with Gasteiger partial charge in [-0.3, -0.25) is 0 Å². The first-order valence-electron chi connectivity index (χ1n) is 8.43. The standard InChI is InChI=1S/C19H22N4O/c1-14(19-21-17-4-2-3-5-18(17)22-19)20-15-6-8-16(9-7-15)23-10-12-24-13-11-23/h2-9,14,20H,10-13H2,1H3,(H,21,22). The van der Waals surface area contributed by atoms with E-state index in [-0.39, 0.29) is 6.04 Å². The Morgan fingerprint density at radius 1 is 1.08 bits per heavy atom. The third-order valence-corrected chi connectivity index (χ3v) is 4.44. The number of benzene rings is 2. The van der Waals surface area contributed by atoms with Crippen LogP contribution in [-0.4, -0.2) is 36.3 Å². The van der Waals surface area contributed by atoms with Crippen molar-refractivity contribution in [3.63, 3.8) is 0 Å². The summed E-state index contributed by atoms with van der Waals surface area (Å²) in [5.74, 6) is 0.952. The van der Waals surface area contributed by atoms with Gasteiger partial charge in [0.2, 0.25) is 0 Å². The van der Waals surface area contributed by atoms with Gasteiger partial charge in [-0.25, -0.2) is 4.98 Å². The summed E-state index contributed by atoms with van der Waals surface area (Å²) in [5.41, 5.74) is 4.42. The average Bonchev–Trinajstić information content (AvgIpc) is 3.07. The lowest BCUT2D eigenvalue weighted by molar-refractivity contribution is 0.122. The van der Waals surface area contributed by atoms with Crippen LogP contribution in [0.25, 0.3) is 11.0 Å². The fraction of sp³-hybridized carbons (Fsp3) is 0.316. The molecule has 0 saturated carbocycles. The van der Waals surface area contributed by atoms with Crippen molar-refractivity contribution in [3.05, 3.63) is 54.4 Å². The predicted molar refractivity (Wildman–Crippen MR) is 97.6 cm³/mol. The van der Waals surface area contributed by atoms with E-state index in [0.717, 1.165) is 48.8 Å². The van der Waals surface area contributed by atoms with Crippen LogP contribution in [-0.2, 0) is 4.74 Å². The molecule has 2 N–H and O–H groups in total. The number of aromatic amines is 1. The number of imidazole rings is 1. The van der Waals surface area contributed by atoms with E-state index in [1.807, 2.05) is 18.2 Å². The number of hydrogen-bond acceptors (Lipinski definition) is 4. The largest absolute Gasteiger partial charge is 0.378 e. The second-order valence-electron chi connectivity index (χ2n) is 6.15. The zero-order valence-electron chi connectivity index (χ0n) is 13.8. The minimum absolute atomic E-state index is 0.117. The number of nitrogens with one attached hydrogen (secondary N) is 2. The molecule has 4 rings (SSSR count). The number of nitrogens with zero attached hydrogens (tertiary/aromatic N) is 2. The zero-order chi connectivity index (χ0) is 16.4. The van der Waals surface area contributed by atoms with E-state index in [4.69, 9.17) is 4.74 Å². The number of fused-ring (bicyclic) bond motifs is 1. The van der Waals surface area contributed by atoms with Crippen LogP contribution in [0.2, 0.25) is 0 Å². The SMILES string of the molecule is CC(Nc1ccc(N2CCOCC2)cc1)c1nc2ccccc2[nH]1. The van der Waals surface area contributed by atoms with Gasteiger partial charge in [-0.2, -0.15) is 0 Å². The van der Waals surface area contributed by atoms with E-state index >= 15 is 0 Å². The second kappa shape index (κ2) is 6.53. The number of aromatic nitrogens is 2.